The fourth-order valence-corrected chi connectivity index (χ4v) is 1.67. The zero-order valence-electron chi connectivity index (χ0n) is 9.54. The van der Waals surface area contributed by atoms with E-state index in [0.29, 0.717) is 13.1 Å². The standard InChI is InChI=1S/C11H18N2O2/c1-5-9(14)12-6-11(4)7-13(8(2)3)10(11)15/h5,8H,1,6-7H2,2-4H3,(H,12,14). The van der Waals surface area contributed by atoms with Crippen molar-refractivity contribution in [1.82, 2.24) is 10.2 Å². The predicted molar refractivity (Wildman–Crippen MR) is 58.2 cm³/mol. The van der Waals surface area contributed by atoms with Gasteiger partial charge in [0, 0.05) is 19.1 Å². The van der Waals surface area contributed by atoms with Gasteiger partial charge >= 0.3 is 0 Å². The van der Waals surface area contributed by atoms with Crippen LogP contribution in [0.1, 0.15) is 20.8 Å². The monoisotopic (exact) mass is 210 g/mol. The molecule has 0 radical (unpaired) electrons. The van der Waals surface area contributed by atoms with Gasteiger partial charge in [-0.05, 0) is 26.8 Å². The van der Waals surface area contributed by atoms with Gasteiger partial charge in [-0.1, -0.05) is 6.58 Å². The maximum Gasteiger partial charge on any atom is 0.243 e. The van der Waals surface area contributed by atoms with Gasteiger partial charge in [-0.2, -0.15) is 0 Å². The molecular formula is C11H18N2O2. The van der Waals surface area contributed by atoms with Crippen LogP contribution in [0.2, 0.25) is 0 Å². The Bertz CT molecular complexity index is 299. The zero-order chi connectivity index (χ0) is 11.6. The van der Waals surface area contributed by atoms with E-state index in [2.05, 4.69) is 11.9 Å². The van der Waals surface area contributed by atoms with Gasteiger partial charge in [0.25, 0.3) is 0 Å². The second-order valence-corrected chi connectivity index (χ2v) is 4.51. The van der Waals surface area contributed by atoms with E-state index < -0.39 is 5.41 Å². The topological polar surface area (TPSA) is 49.4 Å². The van der Waals surface area contributed by atoms with Crippen LogP contribution < -0.4 is 5.32 Å². The van der Waals surface area contributed by atoms with Crippen LogP contribution in [-0.2, 0) is 9.59 Å². The summed E-state index contributed by atoms with van der Waals surface area (Å²) in [6, 6.07) is 0.237. The number of rotatable bonds is 4. The molecule has 1 unspecified atom stereocenters. The first-order valence-electron chi connectivity index (χ1n) is 5.12. The molecule has 0 spiro atoms. The van der Waals surface area contributed by atoms with Crippen LogP contribution >= 0.6 is 0 Å². The Hall–Kier alpha value is -1.32. The van der Waals surface area contributed by atoms with Gasteiger partial charge < -0.3 is 10.2 Å². The molecule has 1 atom stereocenters. The molecule has 0 bridgehead atoms. The summed E-state index contributed by atoms with van der Waals surface area (Å²) in [5.74, 6) is -0.117. The molecule has 1 aliphatic rings. The third-order valence-corrected chi connectivity index (χ3v) is 2.76. The SMILES string of the molecule is C=CC(=O)NCC1(C)CN(C(C)C)C1=O. The lowest BCUT2D eigenvalue weighted by atomic mass is 9.79. The van der Waals surface area contributed by atoms with Crippen molar-refractivity contribution in [2.75, 3.05) is 13.1 Å². The van der Waals surface area contributed by atoms with E-state index in [1.807, 2.05) is 20.8 Å². The third-order valence-electron chi connectivity index (χ3n) is 2.76. The number of carbonyl (C=O) groups excluding carboxylic acids is 2. The minimum Gasteiger partial charge on any atom is -0.351 e. The van der Waals surface area contributed by atoms with Crippen molar-refractivity contribution in [3.8, 4) is 0 Å². The Morgan fingerprint density at radius 1 is 1.73 bits per heavy atom. The smallest absolute Gasteiger partial charge is 0.243 e. The number of hydrogen-bond donors (Lipinski definition) is 1. The van der Waals surface area contributed by atoms with Gasteiger partial charge in [0.2, 0.25) is 11.8 Å². The molecule has 15 heavy (non-hydrogen) atoms. The second-order valence-electron chi connectivity index (χ2n) is 4.51. The highest BCUT2D eigenvalue weighted by Crippen LogP contribution is 2.32. The van der Waals surface area contributed by atoms with E-state index in [1.165, 1.54) is 6.08 Å². The molecule has 0 aromatic heterocycles. The van der Waals surface area contributed by atoms with Crippen molar-refractivity contribution in [3.63, 3.8) is 0 Å². The summed E-state index contributed by atoms with van der Waals surface area (Å²) in [5.41, 5.74) is -0.428. The maximum atomic E-state index is 11.8. The first-order chi connectivity index (χ1) is 6.90. The van der Waals surface area contributed by atoms with Crippen LogP contribution in [0, 0.1) is 5.41 Å². The van der Waals surface area contributed by atoms with E-state index in [1.54, 1.807) is 4.90 Å². The third kappa shape index (κ3) is 2.19. The molecule has 1 N–H and O–H groups in total. The van der Waals surface area contributed by atoms with Crippen molar-refractivity contribution in [3.05, 3.63) is 12.7 Å². The van der Waals surface area contributed by atoms with Gasteiger partial charge in [-0.15, -0.1) is 0 Å². The van der Waals surface area contributed by atoms with Crippen molar-refractivity contribution in [2.24, 2.45) is 5.41 Å². The minimum absolute atomic E-state index is 0.113. The number of β-lactam (4-membered cyclic amide) rings is 1. The first kappa shape index (κ1) is 11.8. The van der Waals surface area contributed by atoms with Crippen molar-refractivity contribution in [1.29, 1.82) is 0 Å². The van der Waals surface area contributed by atoms with Gasteiger partial charge in [0.15, 0.2) is 0 Å². The number of hydrogen-bond acceptors (Lipinski definition) is 2. The quantitative estimate of drug-likeness (QED) is 0.544. The molecule has 4 heteroatoms. The van der Waals surface area contributed by atoms with E-state index in [0.717, 1.165) is 0 Å². The average Bonchev–Trinajstić information content (AvgIpc) is 2.21. The number of nitrogens with one attached hydrogen (secondary N) is 1. The highest BCUT2D eigenvalue weighted by molar-refractivity contribution is 5.91. The highest BCUT2D eigenvalue weighted by Gasteiger charge is 2.48. The van der Waals surface area contributed by atoms with Gasteiger partial charge in [0.1, 0.15) is 0 Å². The van der Waals surface area contributed by atoms with Crippen LogP contribution in [-0.4, -0.2) is 35.8 Å². The second kappa shape index (κ2) is 4.04. The summed E-state index contributed by atoms with van der Waals surface area (Å²) in [4.78, 5) is 24.5. The number of nitrogens with zero attached hydrogens (tertiary/aromatic N) is 1. The lowest BCUT2D eigenvalue weighted by Crippen LogP contribution is -2.65. The van der Waals surface area contributed by atoms with E-state index in [9.17, 15) is 9.59 Å². The van der Waals surface area contributed by atoms with Crippen LogP contribution in [0.25, 0.3) is 0 Å². The maximum absolute atomic E-state index is 11.8. The van der Waals surface area contributed by atoms with Crippen LogP contribution in [0.15, 0.2) is 12.7 Å². The molecule has 0 aliphatic carbocycles. The van der Waals surface area contributed by atoms with E-state index in [-0.39, 0.29) is 17.9 Å². The fourth-order valence-electron chi connectivity index (χ4n) is 1.67. The Balaban J connectivity index is 2.47. The summed E-state index contributed by atoms with van der Waals surface area (Å²) in [7, 11) is 0. The van der Waals surface area contributed by atoms with E-state index in [4.69, 9.17) is 0 Å². The molecule has 0 aromatic rings. The normalized spacial score (nSPS) is 25.1. The van der Waals surface area contributed by atoms with Crippen molar-refractivity contribution >= 4 is 11.8 Å². The lowest BCUT2D eigenvalue weighted by molar-refractivity contribution is -0.161. The Kier molecular flexibility index (Phi) is 3.17. The molecule has 1 fully saturated rings. The molecule has 0 saturated carbocycles. The summed E-state index contributed by atoms with van der Waals surface area (Å²) in [6.07, 6.45) is 1.21. The molecular weight excluding hydrogens is 192 g/mol. The summed E-state index contributed by atoms with van der Waals surface area (Å²) in [6.45, 7) is 10.3. The summed E-state index contributed by atoms with van der Waals surface area (Å²) in [5, 5.41) is 2.66. The van der Waals surface area contributed by atoms with Crippen LogP contribution in [0.5, 0.6) is 0 Å². The summed E-state index contributed by atoms with van der Waals surface area (Å²) < 4.78 is 0. The van der Waals surface area contributed by atoms with Crippen molar-refractivity contribution in [2.45, 2.75) is 26.8 Å². The molecule has 0 aromatic carbocycles. The fraction of sp³-hybridized carbons (Fsp3) is 0.636. The van der Waals surface area contributed by atoms with Crippen LogP contribution in [0.4, 0.5) is 0 Å². The minimum atomic E-state index is -0.428. The van der Waals surface area contributed by atoms with Crippen molar-refractivity contribution < 1.29 is 9.59 Å². The van der Waals surface area contributed by atoms with E-state index >= 15 is 0 Å². The number of carbonyl (C=O) groups is 2. The van der Waals surface area contributed by atoms with Gasteiger partial charge in [0.05, 0.1) is 5.41 Å². The molecule has 1 saturated heterocycles. The Labute approximate surface area is 90.3 Å². The Morgan fingerprint density at radius 2 is 2.33 bits per heavy atom. The Morgan fingerprint density at radius 3 is 2.73 bits per heavy atom. The average molecular weight is 210 g/mol. The predicted octanol–water partition coefficient (Wildman–Crippen LogP) is 0.545. The first-order valence-corrected chi connectivity index (χ1v) is 5.12. The molecule has 1 rings (SSSR count). The largest absolute Gasteiger partial charge is 0.351 e. The molecule has 1 heterocycles. The number of amides is 2. The number of likely N-dealkylation sites (tertiary alicyclic amines) is 1. The molecule has 1 aliphatic heterocycles. The van der Waals surface area contributed by atoms with Gasteiger partial charge in [-0.25, -0.2) is 0 Å². The van der Waals surface area contributed by atoms with Gasteiger partial charge in [-0.3, -0.25) is 9.59 Å². The summed E-state index contributed by atoms with van der Waals surface area (Å²) >= 11 is 0. The van der Waals surface area contributed by atoms with Crippen LogP contribution in [0.3, 0.4) is 0 Å². The highest BCUT2D eigenvalue weighted by atomic mass is 16.2. The zero-order valence-corrected chi connectivity index (χ0v) is 9.54. The lowest BCUT2D eigenvalue weighted by Gasteiger charge is -2.48. The molecule has 4 nitrogen and oxygen atoms in total. The molecule has 84 valence electrons. The molecule has 2 amide bonds.